The van der Waals surface area contributed by atoms with Crippen LogP contribution in [0, 0.1) is 17.9 Å². The van der Waals surface area contributed by atoms with Gasteiger partial charge in [0.05, 0.1) is 17.9 Å². The largest absolute Gasteiger partial charge is 0.740 e. The standard InChI is InChI=1S/C20H28FN6O4S/c1-5-15-10-16(9-14(2)19(15)21)23-20(28)27(29)32(30,31)26(18-11-22-25(4)13-18)17-7-6-8-24(3)12-17/h9-11,13,17H,5-8,12H2,1-4H3,(H,23,28)/q-1. The van der Waals surface area contributed by atoms with Crippen molar-refractivity contribution in [2.75, 3.05) is 29.8 Å². The van der Waals surface area contributed by atoms with E-state index in [9.17, 15) is 22.8 Å². The summed E-state index contributed by atoms with van der Waals surface area (Å²) in [6.07, 6.45) is 4.47. The number of benzene rings is 1. The number of hydroxylamine groups is 1. The zero-order chi connectivity index (χ0) is 23.6. The number of aromatic nitrogens is 2. The molecular formula is C20H28FN6O4S-. The van der Waals surface area contributed by atoms with E-state index < -0.39 is 32.6 Å². The molecule has 1 saturated heterocycles. The minimum atomic E-state index is -4.77. The Morgan fingerprint density at radius 2 is 2.09 bits per heavy atom. The predicted octanol–water partition coefficient (Wildman–Crippen LogP) is 2.61. The lowest BCUT2D eigenvalue weighted by atomic mass is 10.1. The number of rotatable bonds is 6. The minimum absolute atomic E-state index is 0.145. The molecule has 2 amide bonds. The van der Waals surface area contributed by atoms with E-state index in [4.69, 9.17) is 0 Å². The number of aryl methyl sites for hydroxylation is 3. The van der Waals surface area contributed by atoms with Crippen LogP contribution in [-0.4, -0.2) is 59.8 Å². The molecule has 0 radical (unpaired) electrons. The minimum Gasteiger partial charge on any atom is -0.740 e. The van der Waals surface area contributed by atoms with Crippen molar-refractivity contribution >= 4 is 27.6 Å². The zero-order valence-electron chi connectivity index (χ0n) is 18.6. The number of carbonyl (C=O) groups is 1. The molecule has 2 aromatic rings. The Bertz CT molecular complexity index is 1090. The first-order chi connectivity index (χ1) is 15.0. The monoisotopic (exact) mass is 467 g/mol. The Morgan fingerprint density at radius 3 is 2.69 bits per heavy atom. The van der Waals surface area contributed by atoms with Crippen LogP contribution >= 0.6 is 0 Å². The highest BCUT2D eigenvalue weighted by Crippen LogP contribution is 2.28. The van der Waals surface area contributed by atoms with Crippen LogP contribution in [-0.2, 0) is 23.7 Å². The van der Waals surface area contributed by atoms with Gasteiger partial charge in [-0.1, -0.05) is 6.92 Å². The molecule has 1 fully saturated rings. The van der Waals surface area contributed by atoms with Crippen LogP contribution in [0.15, 0.2) is 24.5 Å². The summed E-state index contributed by atoms with van der Waals surface area (Å²) < 4.78 is 42.5. The van der Waals surface area contributed by atoms with Crippen LogP contribution in [0.25, 0.3) is 0 Å². The smallest absolute Gasteiger partial charge is 0.326 e. The second kappa shape index (κ2) is 9.43. The van der Waals surface area contributed by atoms with Crippen LogP contribution in [0.1, 0.15) is 30.9 Å². The third-order valence-corrected chi connectivity index (χ3v) is 7.05. The molecule has 2 heterocycles. The van der Waals surface area contributed by atoms with Crippen LogP contribution in [0.2, 0.25) is 0 Å². The zero-order valence-corrected chi connectivity index (χ0v) is 19.4. The van der Waals surface area contributed by atoms with Crippen molar-refractivity contribution in [3.63, 3.8) is 0 Å². The molecular weight excluding hydrogens is 439 g/mol. The van der Waals surface area contributed by atoms with E-state index in [1.165, 1.54) is 36.1 Å². The number of hydrogen-bond donors (Lipinski definition) is 1. The van der Waals surface area contributed by atoms with E-state index in [0.717, 1.165) is 17.3 Å². The number of hydrogen-bond acceptors (Lipinski definition) is 6. The van der Waals surface area contributed by atoms with E-state index in [2.05, 4.69) is 10.4 Å². The topological polar surface area (TPSA) is 114 Å². The van der Waals surface area contributed by atoms with Gasteiger partial charge in [-0.15, -0.1) is 0 Å². The highest BCUT2D eigenvalue weighted by molar-refractivity contribution is 7.91. The van der Waals surface area contributed by atoms with Gasteiger partial charge in [-0.3, -0.25) is 9.15 Å². The Morgan fingerprint density at radius 1 is 1.38 bits per heavy atom. The number of nitrogens with zero attached hydrogens (tertiary/aromatic N) is 5. The van der Waals surface area contributed by atoms with Gasteiger partial charge in [0.2, 0.25) is 0 Å². The van der Waals surface area contributed by atoms with Gasteiger partial charge in [0, 0.05) is 25.5 Å². The van der Waals surface area contributed by atoms with Crippen molar-refractivity contribution in [2.45, 2.75) is 39.2 Å². The number of piperidine rings is 1. The van der Waals surface area contributed by atoms with Gasteiger partial charge in [-0.2, -0.15) is 13.5 Å². The van der Waals surface area contributed by atoms with Crippen molar-refractivity contribution in [1.82, 2.24) is 19.1 Å². The van der Waals surface area contributed by atoms with E-state index >= 15 is 0 Å². The number of urea groups is 1. The lowest BCUT2D eigenvalue weighted by Gasteiger charge is -2.41. The fourth-order valence-electron chi connectivity index (χ4n) is 3.91. The first kappa shape index (κ1) is 24.0. The fourth-order valence-corrected chi connectivity index (χ4v) is 5.24. The quantitative estimate of drug-likeness (QED) is 0.654. The Labute approximate surface area is 187 Å². The van der Waals surface area contributed by atoms with Crippen molar-refractivity contribution in [1.29, 1.82) is 0 Å². The van der Waals surface area contributed by atoms with Crippen LogP contribution in [0.3, 0.4) is 0 Å². The molecule has 1 N–H and O–H groups in total. The number of halogens is 1. The number of amides is 2. The molecule has 12 heteroatoms. The first-order valence-electron chi connectivity index (χ1n) is 10.3. The van der Waals surface area contributed by atoms with Gasteiger partial charge < -0.3 is 15.4 Å². The van der Waals surface area contributed by atoms with E-state index in [-0.39, 0.29) is 16.9 Å². The second-order valence-electron chi connectivity index (χ2n) is 8.01. The molecule has 1 aromatic heterocycles. The van der Waals surface area contributed by atoms with Crippen LogP contribution in [0.5, 0.6) is 0 Å². The van der Waals surface area contributed by atoms with E-state index in [1.54, 1.807) is 14.0 Å². The van der Waals surface area contributed by atoms with Gasteiger partial charge in [0.15, 0.2) is 0 Å². The fraction of sp³-hybridized carbons (Fsp3) is 0.500. The van der Waals surface area contributed by atoms with Gasteiger partial charge in [0.1, 0.15) is 5.82 Å². The lowest BCUT2D eigenvalue weighted by Crippen LogP contribution is -2.54. The average molecular weight is 468 g/mol. The second-order valence-corrected chi connectivity index (χ2v) is 9.63. The molecule has 3 rings (SSSR count). The molecule has 0 bridgehead atoms. The van der Waals surface area contributed by atoms with Crippen LogP contribution in [0.4, 0.5) is 20.6 Å². The first-order valence-corrected chi connectivity index (χ1v) is 11.7. The highest BCUT2D eigenvalue weighted by atomic mass is 32.2. The molecule has 0 aliphatic carbocycles. The third-order valence-electron chi connectivity index (χ3n) is 5.46. The molecule has 1 aromatic carbocycles. The maximum absolute atomic E-state index is 14.1. The number of anilines is 2. The van der Waals surface area contributed by atoms with Crippen molar-refractivity contribution in [2.24, 2.45) is 7.05 Å². The Hall–Kier alpha value is -2.70. The molecule has 0 spiro atoms. The van der Waals surface area contributed by atoms with Crippen molar-refractivity contribution in [3.8, 4) is 0 Å². The summed E-state index contributed by atoms with van der Waals surface area (Å²) >= 11 is 0. The summed E-state index contributed by atoms with van der Waals surface area (Å²) in [6, 6.07) is 0.820. The number of likely N-dealkylation sites (tertiary alicyclic amines) is 1. The maximum atomic E-state index is 14.1. The van der Waals surface area contributed by atoms with Crippen LogP contribution < -0.4 is 9.62 Å². The summed E-state index contributed by atoms with van der Waals surface area (Å²) in [6.45, 7) is 4.49. The third kappa shape index (κ3) is 4.87. The molecule has 32 heavy (non-hydrogen) atoms. The maximum Gasteiger partial charge on any atom is 0.326 e. The van der Waals surface area contributed by atoms with E-state index in [1.807, 2.05) is 11.9 Å². The number of likely N-dealkylation sites (N-methyl/N-ethyl adjacent to an activating group) is 1. The van der Waals surface area contributed by atoms with Gasteiger partial charge >= 0.3 is 16.2 Å². The number of carbonyl (C=O) groups excluding carboxylic acids is 1. The molecule has 1 atom stereocenters. The summed E-state index contributed by atoms with van der Waals surface area (Å²) in [5.41, 5.74) is 0.976. The molecule has 1 aliphatic rings. The van der Waals surface area contributed by atoms with Crippen molar-refractivity contribution < 1.29 is 17.6 Å². The lowest BCUT2D eigenvalue weighted by molar-refractivity contribution is 0.241. The normalized spacial score (nSPS) is 17.2. The van der Waals surface area contributed by atoms with Gasteiger partial charge in [-0.25, -0.2) is 13.5 Å². The highest BCUT2D eigenvalue weighted by Gasteiger charge is 2.36. The van der Waals surface area contributed by atoms with E-state index in [0.29, 0.717) is 24.9 Å². The SMILES string of the molecule is CCc1cc(NC(=O)N([O-])S(=O)(=O)N(c2cnn(C)c2)C2CCCN(C)C2)cc(C)c1F. The molecule has 1 unspecified atom stereocenters. The molecule has 176 valence electrons. The Kier molecular flexibility index (Phi) is 7.06. The number of nitrogens with one attached hydrogen (secondary N) is 1. The summed E-state index contributed by atoms with van der Waals surface area (Å²) in [5, 5.41) is 19.1. The summed E-state index contributed by atoms with van der Waals surface area (Å²) in [7, 11) is -1.28. The van der Waals surface area contributed by atoms with Gasteiger partial charge in [0.25, 0.3) is 0 Å². The van der Waals surface area contributed by atoms with Crippen molar-refractivity contribution in [3.05, 3.63) is 46.7 Å². The summed E-state index contributed by atoms with van der Waals surface area (Å²) in [4.78, 5) is 14.6. The summed E-state index contributed by atoms with van der Waals surface area (Å²) in [5.74, 6) is -0.402. The molecule has 0 saturated carbocycles. The van der Waals surface area contributed by atoms with Gasteiger partial charge in [-0.05, 0) is 63.0 Å². The predicted molar refractivity (Wildman–Crippen MR) is 120 cm³/mol. The molecule has 10 nitrogen and oxygen atoms in total. The average Bonchev–Trinajstić information content (AvgIpc) is 3.15. The molecule has 1 aliphatic heterocycles. The Balaban J connectivity index is 1.90.